The number of hydrogen-bond donors (Lipinski definition) is 0. The summed E-state index contributed by atoms with van der Waals surface area (Å²) in [7, 11) is -0.690. The van der Waals surface area contributed by atoms with Crippen molar-refractivity contribution in [2.45, 2.75) is 143 Å². The summed E-state index contributed by atoms with van der Waals surface area (Å²) >= 11 is 13.9. The molecule has 2 aliphatic heterocycles. The molecule has 8 rings (SSSR count). The molecule has 7 nitrogen and oxygen atoms in total. The molecule has 2 saturated heterocycles. The summed E-state index contributed by atoms with van der Waals surface area (Å²) in [5.41, 5.74) is 5.83. The summed E-state index contributed by atoms with van der Waals surface area (Å²) in [6.07, 6.45) is 10.3. The number of hydrogen-bond acceptors (Lipinski definition) is 7. The molecule has 1 aliphatic carbocycles. The maximum Gasteiger partial charge on any atom is 0.494 e. The molecule has 0 atom stereocenters. The van der Waals surface area contributed by atoms with Crippen LogP contribution in [0.15, 0.2) is 139 Å². The molecule has 69 heavy (non-hydrogen) atoms. The van der Waals surface area contributed by atoms with Crippen molar-refractivity contribution in [3.63, 3.8) is 0 Å². The predicted molar refractivity (Wildman–Crippen MR) is 302 cm³/mol. The fourth-order valence-electron chi connectivity index (χ4n) is 8.08. The number of ether oxygens (including phenoxy) is 2. The van der Waals surface area contributed by atoms with Crippen molar-refractivity contribution in [2.75, 3.05) is 24.7 Å². The quantitative estimate of drug-likeness (QED) is 0.0679. The third-order valence-corrected chi connectivity index (χ3v) is 16.4. The average molecular weight is 1200 g/mol. The van der Waals surface area contributed by atoms with Gasteiger partial charge in [0.2, 0.25) is 0 Å². The van der Waals surface area contributed by atoms with E-state index < -0.39 is 0 Å². The minimum absolute atomic E-state index is 0.331. The zero-order chi connectivity index (χ0) is 49.9. The number of nitrogens with zero attached hydrogens (tertiary/aromatic N) is 1. The lowest BCUT2D eigenvalue weighted by Crippen LogP contribution is -2.41. The summed E-state index contributed by atoms with van der Waals surface area (Å²) in [6, 6.07) is 41.4. The van der Waals surface area contributed by atoms with Crippen molar-refractivity contribution >= 4 is 106 Å². The highest BCUT2D eigenvalue weighted by atomic mass is 79.9. The highest BCUT2D eigenvalue weighted by Crippen LogP contribution is 2.44. The van der Waals surface area contributed by atoms with Gasteiger partial charge in [0.1, 0.15) is 0 Å². The molecule has 3 fully saturated rings. The maximum absolute atomic E-state index is 6.10. The monoisotopic (exact) mass is 1190 g/mol. The Kier molecular flexibility index (Phi) is 20.4. The lowest BCUT2D eigenvalue weighted by molar-refractivity contribution is -0.0101. The fourth-order valence-corrected chi connectivity index (χ4v) is 9.14. The Labute approximate surface area is 448 Å². The standard InChI is InChI=1S/C20H31BrO2.C18H28B2O4.C18H12Br3N/c1-2-20(12-7-13-20)17-23-15-6-4-3-5-14-22-16-18-8-10-19(21)11-9-18;1-15(2)16(3,4)22-19(21-15)13-9-11-14(12-10-13)20-23-17(5,6)18(7,8)24-20;19-13-1-7-16(8-2-13)22(17-9-3-14(20)4-10-17)18-11-5-15(21)6-12-18/h8-11H,2-7,12-17H2,1H3;9-12H,1-8H3;1-12H. The highest BCUT2D eigenvalue weighted by molar-refractivity contribution is 9.11. The Morgan fingerprint density at radius 3 is 1.12 bits per heavy atom. The van der Waals surface area contributed by atoms with E-state index in [1.165, 1.54) is 50.5 Å². The van der Waals surface area contributed by atoms with E-state index in [1.807, 2.05) is 24.3 Å². The molecular formula is C56H71B2Br4NO6. The molecule has 13 heteroatoms. The van der Waals surface area contributed by atoms with E-state index in [-0.39, 0.29) is 36.6 Å². The minimum Gasteiger partial charge on any atom is -0.399 e. The number of anilines is 3. The smallest absolute Gasteiger partial charge is 0.399 e. The van der Waals surface area contributed by atoms with Crippen LogP contribution in [0.5, 0.6) is 0 Å². The fraction of sp³-hybridized carbons (Fsp3) is 0.464. The van der Waals surface area contributed by atoms with Gasteiger partial charge in [0.25, 0.3) is 0 Å². The first kappa shape index (κ1) is 56.0. The second-order valence-corrected chi connectivity index (χ2v) is 24.1. The SMILES string of the molecule is Brc1ccc(N(c2ccc(Br)cc2)c2ccc(Br)cc2)cc1.CC1(C)OB(c2ccc(B3OC(C)(C)C(C)(C)O3)cc2)OC1(C)C.CCC1(COCCCCCCOCc2ccc(Br)cc2)CCC1. The molecule has 0 amide bonds. The van der Waals surface area contributed by atoms with Gasteiger partial charge in [-0.2, -0.15) is 0 Å². The lowest BCUT2D eigenvalue weighted by Gasteiger charge is -2.40. The van der Waals surface area contributed by atoms with E-state index in [9.17, 15) is 0 Å². The van der Waals surface area contributed by atoms with Gasteiger partial charge in [-0.05, 0) is 194 Å². The molecule has 370 valence electrons. The van der Waals surface area contributed by atoms with Gasteiger partial charge in [0, 0.05) is 48.2 Å². The molecule has 5 aromatic rings. The van der Waals surface area contributed by atoms with Gasteiger partial charge in [-0.25, -0.2) is 0 Å². The van der Waals surface area contributed by atoms with Gasteiger partial charge in [-0.3, -0.25) is 0 Å². The van der Waals surface area contributed by atoms with Gasteiger partial charge in [-0.1, -0.05) is 126 Å². The van der Waals surface area contributed by atoms with Crippen molar-refractivity contribution in [1.29, 1.82) is 0 Å². The summed E-state index contributed by atoms with van der Waals surface area (Å²) in [6.45, 7) is 22.3. The number of halogens is 4. The zero-order valence-electron chi connectivity index (χ0n) is 42.1. The molecule has 0 spiro atoms. The van der Waals surface area contributed by atoms with Crippen LogP contribution in [0.4, 0.5) is 17.1 Å². The Morgan fingerprint density at radius 2 is 0.797 bits per heavy atom. The number of rotatable bonds is 17. The molecule has 5 aromatic carbocycles. The Hall–Kier alpha value is -2.29. The van der Waals surface area contributed by atoms with Gasteiger partial charge in [0.05, 0.1) is 35.6 Å². The Balaban J connectivity index is 0.000000170. The Bertz CT molecular complexity index is 2130. The predicted octanol–water partition coefficient (Wildman–Crippen LogP) is 15.9. The summed E-state index contributed by atoms with van der Waals surface area (Å²) in [4.78, 5) is 2.23. The third kappa shape index (κ3) is 15.6. The van der Waals surface area contributed by atoms with Crippen LogP contribution in [0.1, 0.15) is 119 Å². The van der Waals surface area contributed by atoms with Gasteiger partial charge in [-0.15, -0.1) is 0 Å². The number of unbranched alkanes of at least 4 members (excludes halogenated alkanes) is 3. The summed E-state index contributed by atoms with van der Waals surface area (Å²) < 4.78 is 40.3. The highest BCUT2D eigenvalue weighted by Gasteiger charge is 2.53. The van der Waals surface area contributed by atoms with Gasteiger partial charge < -0.3 is 33.0 Å². The second kappa shape index (κ2) is 25.1. The van der Waals surface area contributed by atoms with Gasteiger partial charge in [0.15, 0.2) is 0 Å². The van der Waals surface area contributed by atoms with Crippen LogP contribution in [0.2, 0.25) is 0 Å². The van der Waals surface area contributed by atoms with Crippen LogP contribution >= 0.6 is 63.7 Å². The van der Waals surface area contributed by atoms with E-state index in [4.69, 9.17) is 28.1 Å². The second-order valence-electron chi connectivity index (χ2n) is 20.5. The van der Waals surface area contributed by atoms with Crippen LogP contribution < -0.4 is 15.8 Å². The van der Waals surface area contributed by atoms with Gasteiger partial charge >= 0.3 is 14.2 Å². The van der Waals surface area contributed by atoms with E-state index >= 15 is 0 Å². The van der Waals surface area contributed by atoms with Crippen molar-refractivity contribution in [2.24, 2.45) is 5.41 Å². The first-order valence-electron chi connectivity index (χ1n) is 24.5. The summed E-state index contributed by atoms with van der Waals surface area (Å²) in [5, 5.41) is 0. The van der Waals surface area contributed by atoms with Crippen LogP contribution in [-0.2, 0) is 34.7 Å². The molecule has 0 bridgehead atoms. The Morgan fingerprint density at radius 1 is 0.464 bits per heavy atom. The molecular weight excluding hydrogens is 1120 g/mol. The lowest BCUT2D eigenvalue weighted by atomic mass is 9.68. The maximum atomic E-state index is 6.10. The first-order chi connectivity index (χ1) is 32.7. The van der Waals surface area contributed by atoms with Crippen molar-refractivity contribution in [3.8, 4) is 0 Å². The van der Waals surface area contributed by atoms with E-state index in [2.05, 4.69) is 228 Å². The van der Waals surface area contributed by atoms with Crippen LogP contribution in [0.25, 0.3) is 0 Å². The molecule has 0 aromatic heterocycles. The number of benzene rings is 5. The summed E-state index contributed by atoms with van der Waals surface area (Å²) in [5.74, 6) is 0. The normalized spacial score (nSPS) is 18.1. The van der Waals surface area contributed by atoms with E-state index in [0.29, 0.717) is 5.41 Å². The topological polar surface area (TPSA) is 58.6 Å². The van der Waals surface area contributed by atoms with Crippen LogP contribution in [0.3, 0.4) is 0 Å². The van der Waals surface area contributed by atoms with Crippen molar-refractivity contribution in [3.05, 3.63) is 145 Å². The molecule has 0 unspecified atom stereocenters. The average Bonchev–Trinajstić information content (AvgIpc) is 3.67. The molecule has 0 radical (unpaired) electrons. The zero-order valence-corrected chi connectivity index (χ0v) is 48.4. The van der Waals surface area contributed by atoms with E-state index in [0.717, 1.165) is 78.7 Å². The first-order valence-corrected chi connectivity index (χ1v) is 27.7. The largest absolute Gasteiger partial charge is 0.494 e. The molecule has 2 heterocycles. The van der Waals surface area contributed by atoms with Crippen molar-refractivity contribution in [1.82, 2.24) is 0 Å². The van der Waals surface area contributed by atoms with Crippen molar-refractivity contribution < 1.29 is 28.1 Å². The molecule has 0 N–H and O–H groups in total. The van der Waals surface area contributed by atoms with Crippen LogP contribution in [-0.4, -0.2) is 56.5 Å². The third-order valence-electron chi connectivity index (χ3n) is 14.3. The molecule has 3 aliphatic rings. The van der Waals surface area contributed by atoms with Crippen LogP contribution in [0, 0.1) is 5.41 Å². The minimum atomic E-state index is -0.345. The molecule has 1 saturated carbocycles. The van der Waals surface area contributed by atoms with E-state index in [1.54, 1.807) is 0 Å².